The number of carbonyl (C=O) groups is 2. The van der Waals surface area contributed by atoms with Gasteiger partial charge in [-0.15, -0.1) is 0 Å². The average Bonchev–Trinajstić information content (AvgIpc) is 2.83. The normalized spacial score (nSPS) is 12.0. The molecule has 0 bridgehead atoms. The minimum Gasteiger partial charge on any atom is -0.475 e. The summed E-state index contributed by atoms with van der Waals surface area (Å²) in [6, 6.07) is 4.78. The number of benzene rings is 1. The summed E-state index contributed by atoms with van der Waals surface area (Å²) < 4.78 is 17.8. The molecule has 0 aliphatic rings. The Hall–Kier alpha value is -2.70. The Morgan fingerprint density at radius 2 is 1.95 bits per heavy atom. The van der Waals surface area contributed by atoms with Crippen LogP contribution in [0, 0.1) is 5.82 Å². The standard InChI is InChI=1S/C14H13FN2O4/c1-7(16-8(2)18)11-12(17-21-13(11)14(19)20)9-3-5-10(15)6-4-9/h3-7H,1-2H3,(H,16,18)(H,19,20). The molecule has 0 aliphatic carbocycles. The van der Waals surface area contributed by atoms with Crippen molar-refractivity contribution in [2.75, 3.05) is 0 Å². The Bertz CT molecular complexity index is 679. The van der Waals surface area contributed by atoms with E-state index in [9.17, 15) is 14.0 Å². The fourth-order valence-electron chi connectivity index (χ4n) is 2.05. The van der Waals surface area contributed by atoms with Gasteiger partial charge in [0.15, 0.2) is 0 Å². The van der Waals surface area contributed by atoms with Crippen LogP contribution in [0.15, 0.2) is 28.8 Å². The van der Waals surface area contributed by atoms with Crippen LogP contribution < -0.4 is 5.32 Å². The van der Waals surface area contributed by atoms with Crippen LogP contribution in [0.25, 0.3) is 11.3 Å². The molecule has 0 spiro atoms. The van der Waals surface area contributed by atoms with Gasteiger partial charge in [0.05, 0.1) is 11.6 Å². The molecule has 0 aliphatic heterocycles. The number of amides is 1. The quantitative estimate of drug-likeness (QED) is 0.902. The van der Waals surface area contributed by atoms with Crippen LogP contribution in [0.2, 0.25) is 0 Å². The maximum Gasteiger partial charge on any atom is 0.375 e. The molecule has 0 saturated heterocycles. The number of nitrogens with one attached hydrogen (secondary N) is 1. The number of aromatic nitrogens is 1. The van der Waals surface area contributed by atoms with Crippen molar-refractivity contribution in [2.24, 2.45) is 0 Å². The molecule has 0 radical (unpaired) electrons. The Labute approximate surface area is 119 Å². The number of nitrogens with zero attached hydrogens (tertiary/aromatic N) is 1. The van der Waals surface area contributed by atoms with Gasteiger partial charge in [-0.25, -0.2) is 9.18 Å². The molecule has 0 saturated carbocycles. The highest BCUT2D eigenvalue weighted by molar-refractivity contribution is 5.89. The molecule has 110 valence electrons. The lowest BCUT2D eigenvalue weighted by Crippen LogP contribution is -2.25. The van der Waals surface area contributed by atoms with Crippen LogP contribution in [0.5, 0.6) is 0 Å². The van der Waals surface area contributed by atoms with E-state index in [0.717, 1.165) is 0 Å². The molecule has 1 atom stereocenters. The first-order valence-electron chi connectivity index (χ1n) is 6.16. The van der Waals surface area contributed by atoms with Crippen molar-refractivity contribution in [1.29, 1.82) is 0 Å². The lowest BCUT2D eigenvalue weighted by atomic mass is 10.0. The minimum atomic E-state index is -1.29. The van der Waals surface area contributed by atoms with E-state index < -0.39 is 17.8 Å². The number of hydrogen-bond acceptors (Lipinski definition) is 4. The molecule has 2 rings (SSSR count). The van der Waals surface area contributed by atoms with Crippen molar-refractivity contribution in [3.63, 3.8) is 0 Å². The van der Waals surface area contributed by atoms with E-state index in [1.54, 1.807) is 6.92 Å². The number of carboxylic acids is 1. The zero-order valence-electron chi connectivity index (χ0n) is 11.4. The second-order valence-corrected chi connectivity index (χ2v) is 4.51. The van der Waals surface area contributed by atoms with Gasteiger partial charge in [0, 0.05) is 12.5 Å². The third-order valence-corrected chi connectivity index (χ3v) is 2.89. The first-order chi connectivity index (χ1) is 9.90. The van der Waals surface area contributed by atoms with Crippen LogP contribution in [0.1, 0.15) is 36.0 Å². The van der Waals surface area contributed by atoms with Crippen molar-refractivity contribution >= 4 is 11.9 Å². The number of hydrogen-bond donors (Lipinski definition) is 2. The first kappa shape index (κ1) is 14.7. The Balaban J connectivity index is 2.53. The molecular weight excluding hydrogens is 279 g/mol. The number of carboxylic acid groups (broad SMARTS) is 1. The maximum absolute atomic E-state index is 13.0. The topological polar surface area (TPSA) is 92.4 Å². The van der Waals surface area contributed by atoms with E-state index in [0.29, 0.717) is 5.56 Å². The summed E-state index contributed by atoms with van der Waals surface area (Å²) >= 11 is 0. The van der Waals surface area contributed by atoms with E-state index in [4.69, 9.17) is 9.63 Å². The molecule has 1 aromatic heterocycles. The van der Waals surface area contributed by atoms with E-state index >= 15 is 0 Å². The zero-order chi connectivity index (χ0) is 15.6. The van der Waals surface area contributed by atoms with Gasteiger partial charge in [-0.2, -0.15) is 0 Å². The third kappa shape index (κ3) is 3.07. The predicted octanol–water partition coefficient (Wildman–Crippen LogP) is 2.38. The Kier molecular flexibility index (Phi) is 4.02. The van der Waals surface area contributed by atoms with Crippen molar-refractivity contribution in [1.82, 2.24) is 10.5 Å². The fraction of sp³-hybridized carbons (Fsp3) is 0.214. The predicted molar refractivity (Wildman–Crippen MR) is 71.1 cm³/mol. The van der Waals surface area contributed by atoms with Crippen molar-refractivity contribution in [3.8, 4) is 11.3 Å². The van der Waals surface area contributed by atoms with Crippen LogP contribution in [-0.4, -0.2) is 22.1 Å². The maximum atomic E-state index is 13.0. The number of aromatic carboxylic acids is 1. The SMILES string of the molecule is CC(=O)NC(C)c1c(-c2ccc(F)cc2)noc1C(=O)O. The molecule has 7 heteroatoms. The van der Waals surface area contributed by atoms with Crippen LogP contribution in [0.3, 0.4) is 0 Å². The van der Waals surface area contributed by atoms with Gasteiger partial charge >= 0.3 is 5.97 Å². The molecule has 2 aromatic rings. The largest absolute Gasteiger partial charge is 0.475 e. The summed E-state index contributed by atoms with van der Waals surface area (Å²) in [5.74, 6) is -2.37. The van der Waals surface area contributed by atoms with Gasteiger partial charge in [-0.3, -0.25) is 4.79 Å². The summed E-state index contributed by atoms with van der Waals surface area (Å²) in [5, 5.41) is 15.5. The second kappa shape index (κ2) is 5.74. The molecule has 1 unspecified atom stereocenters. The zero-order valence-corrected chi connectivity index (χ0v) is 11.4. The smallest absolute Gasteiger partial charge is 0.375 e. The summed E-state index contributed by atoms with van der Waals surface area (Å²) in [6.45, 7) is 2.94. The summed E-state index contributed by atoms with van der Waals surface area (Å²) in [5.41, 5.74) is 0.998. The van der Waals surface area contributed by atoms with Gasteiger partial charge in [-0.05, 0) is 31.2 Å². The van der Waals surface area contributed by atoms with E-state index in [-0.39, 0.29) is 22.9 Å². The number of halogens is 1. The molecule has 1 aromatic carbocycles. The highest BCUT2D eigenvalue weighted by atomic mass is 19.1. The first-order valence-corrected chi connectivity index (χ1v) is 6.16. The van der Waals surface area contributed by atoms with E-state index in [1.807, 2.05) is 0 Å². The molecule has 1 heterocycles. The molecule has 0 fully saturated rings. The summed E-state index contributed by atoms with van der Waals surface area (Å²) in [4.78, 5) is 22.4. The molecule has 21 heavy (non-hydrogen) atoms. The molecular formula is C14H13FN2O4. The molecule has 1 amide bonds. The van der Waals surface area contributed by atoms with Gasteiger partial charge in [0.25, 0.3) is 0 Å². The fourth-order valence-corrected chi connectivity index (χ4v) is 2.05. The van der Waals surface area contributed by atoms with Crippen LogP contribution in [-0.2, 0) is 4.79 Å². The molecule has 2 N–H and O–H groups in total. The van der Waals surface area contributed by atoms with Crippen LogP contribution >= 0.6 is 0 Å². The minimum absolute atomic E-state index is 0.240. The van der Waals surface area contributed by atoms with Crippen LogP contribution in [0.4, 0.5) is 4.39 Å². The average molecular weight is 292 g/mol. The highest BCUT2D eigenvalue weighted by Gasteiger charge is 2.27. The van der Waals surface area contributed by atoms with Gasteiger partial charge in [0.1, 0.15) is 11.5 Å². The van der Waals surface area contributed by atoms with E-state index in [2.05, 4.69) is 10.5 Å². The molecule has 6 nitrogen and oxygen atoms in total. The van der Waals surface area contributed by atoms with Gasteiger partial charge in [-0.1, -0.05) is 5.16 Å². The van der Waals surface area contributed by atoms with Crippen molar-refractivity contribution < 1.29 is 23.6 Å². The summed E-state index contributed by atoms with van der Waals surface area (Å²) in [6.07, 6.45) is 0. The van der Waals surface area contributed by atoms with Gasteiger partial charge < -0.3 is 14.9 Å². The number of carbonyl (C=O) groups excluding carboxylic acids is 1. The second-order valence-electron chi connectivity index (χ2n) is 4.51. The Morgan fingerprint density at radius 1 is 1.33 bits per heavy atom. The lowest BCUT2D eigenvalue weighted by Gasteiger charge is -2.12. The third-order valence-electron chi connectivity index (χ3n) is 2.89. The Morgan fingerprint density at radius 3 is 2.48 bits per heavy atom. The monoisotopic (exact) mass is 292 g/mol. The highest BCUT2D eigenvalue weighted by Crippen LogP contribution is 2.30. The lowest BCUT2D eigenvalue weighted by molar-refractivity contribution is -0.119. The van der Waals surface area contributed by atoms with Gasteiger partial charge in [0.2, 0.25) is 11.7 Å². The number of rotatable bonds is 4. The van der Waals surface area contributed by atoms with E-state index in [1.165, 1.54) is 31.2 Å². The van der Waals surface area contributed by atoms with Crippen molar-refractivity contribution in [3.05, 3.63) is 41.4 Å². The summed E-state index contributed by atoms with van der Waals surface area (Å²) in [7, 11) is 0. The van der Waals surface area contributed by atoms with Crippen molar-refractivity contribution in [2.45, 2.75) is 19.9 Å².